The first-order valence-electron chi connectivity index (χ1n) is 11.3. The highest BCUT2D eigenvalue weighted by atomic mass is 35.5. The van der Waals surface area contributed by atoms with E-state index in [4.69, 9.17) is 16.3 Å². The van der Waals surface area contributed by atoms with Crippen molar-refractivity contribution in [1.29, 1.82) is 0 Å². The van der Waals surface area contributed by atoms with Crippen LogP contribution in [0.25, 0.3) is 0 Å². The number of fused-ring (bicyclic) bond motifs is 1. The van der Waals surface area contributed by atoms with Crippen LogP contribution in [0.3, 0.4) is 0 Å². The molecule has 0 spiro atoms. The molecule has 2 aromatic carbocycles. The highest BCUT2D eigenvalue weighted by Crippen LogP contribution is 2.48. The Bertz CT molecular complexity index is 1310. The van der Waals surface area contributed by atoms with E-state index >= 15 is 0 Å². The number of hydrogen-bond acceptors (Lipinski definition) is 5. The van der Waals surface area contributed by atoms with Gasteiger partial charge < -0.3 is 14.5 Å². The second-order valence-corrected chi connectivity index (χ2v) is 9.18. The van der Waals surface area contributed by atoms with Gasteiger partial charge in [-0.2, -0.15) is 13.2 Å². The van der Waals surface area contributed by atoms with Crippen molar-refractivity contribution in [3.8, 4) is 5.75 Å². The summed E-state index contributed by atoms with van der Waals surface area (Å²) in [5.74, 6) is -0.242. The van der Waals surface area contributed by atoms with Gasteiger partial charge in [0.2, 0.25) is 5.91 Å². The number of anilines is 1. The van der Waals surface area contributed by atoms with Crippen LogP contribution in [0.4, 0.5) is 19.0 Å². The average molecular weight is 516 g/mol. The van der Waals surface area contributed by atoms with E-state index in [0.717, 1.165) is 18.3 Å². The van der Waals surface area contributed by atoms with Crippen LogP contribution in [0.2, 0.25) is 5.02 Å². The van der Waals surface area contributed by atoms with Gasteiger partial charge in [-0.15, -0.1) is 0 Å². The molecule has 1 fully saturated rings. The van der Waals surface area contributed by atoms with Gasteiger partial charge in [0.15, 0.2) is 0 Å². The van der Waals surface area contributed by atoms with Crippen molar-refractivity contribution in [2.24, 2.45) is 0 Å². The summed E-state index contributed by atoms with van der Waals surface area (Å²) >= 11 is 6.24. The van der Waals surface area contributed by atoms with Crippen molar-refractivity contribution < 1.29 is 27.5 Å². The van der Waals surface area contributed by atoms with Crippen LogP contribution >= 0.6 is 11.6 Å². The molecule has 36 heavy (non-hydrogen) atoms. The fourth-order valence-electron chi connectivity index (χ4n) is 4.78. The molecular formula is C26H21ClF3N3O3. The number of nitrogens with zero attached hydrogens (tertiary/aromatic N) is 3. The molecule has 0 aliphatic carbocycles. The lowest BCUT2D eigenvalue weighted by Gasteiger charge is -2.37. The van der Waals surface area contributed by atoms with Gasteiger partial charge in [-0.05, 0) is 35.9 Å². The van der Waals surface area contributed by atoms with E-state index in [1.54, 1.807) is 52.3 Å². The Balaban J connectivity index is 1.37. The van der Waals surface area contributed by atoms with E-state index in [-0.39, 0.29) is 31.2 Å². The van der Waals surface area contributed by atoms with E-state index < -0.39 is 23.1 Å². The minimum atomic E-state index is -4.46. The summed E-state index contributed by atoms with van der Waals surface area (Å²) < 4.78 is 44.8. The van der Waals surface area contributed by atoms with Gasteiger partial charge in [0.25, 0.3) is 0 Å². The molecular weight excluding hydrogens is 495 g/mol. The number of piperazine rings is 1. The topological polar surface area (TPSA) is 62.7 Å². The van der Waals surface area contributed by atoms with E-state index in [9.17, 15) is 22.8 Å². The van der Waals surface area contributed by atoms with Crippen LogP contribution in [0.1, 0.15) is 23.1 Å². The molecule has 3 heterocycles. The number of carbonyl (C=O) groups is 2. The summed E-state index contributed by atoms with van der Waals surface area (Å²) in [6, 6.07) is 15.8. The molecule has 0 radical (unpaired) electrons. The molecule has 3 aromatic rings. The molecule has 186 valence electrons. The molecule has 1 unspecified atom stereocenters. The Labute approximate surface area is 210 Å². The van der Waals surface area contributed by atoms with Crippen molar-refractivity contribution >= 4 is 29.3 Å². The van der Waals surface area contributed by atoms with Crippen LogP contribution in [-0.2, 0) is 21.2 Å². The van der Waals surface area contributed by atoms with Crippen molar-refractivity contribution in [3.63, 3.8) is 0 Å². The number of rotatable bonds is 4. The summed E-state index contributed by atoms with van der Waals surface area (Å²) in [6.45, 7) is 1.18. The van der Waals surface area contributed by atoms with Gasteiger partial charge >= 0.3 is 12.1 Å². The number of carbonyl (C=O) groups excluding carboxylic acids is 2. The van der Waals surface area contributed by atoms with Gasteiger partial charge in [-0.1, -0.05) is 41.9 Å². The highest BCUT2D eigenvalue weighted by Gasteiger charge is 2.52. The highest BCUT2D eigenvalue weighted by molar-refractivity contribution is 6.30. The summed E-state index contributed by atoms with van der Waals surface area (Å²) in [7, 11) is 0. The first kappa shape index (κ1) is 24.1. The lowest BCUT2D eigenvalue weighted by Crippen LogP contribution is -2.51. The molecule has 0 saturated carbocycles. The Morgan fingerprint density at radius 3 is 2.44 bits per heavy atom. The number of ether oxygens (including phenoxy) is 1. The third-order valence-corrected chi connectivity index (χ3v) is 6.90. The molecule has 10 heteroatoms. The zero-order valence-corrected chi connectivity index (χ0v) is 19.7. The minimum absolute atomic E-state index is 0.162. The third kappa shape index (κ3) is 4.28. The first-order chi connectivity index (χ1) is 17.2. The molecule has 2 aliphatic heterocycles. The maximum atomic E-state index is 13.5. The number of amides is 1. The number of halogens is 4. The van der Waals surface area contributed by atoms with Gasteiger partial charge in [0.1, 0.15) is 17.0 Å². The van der Waals surface area contributed by atoms with E-state index in [2.05, 4.69) is 4.98 Å². The van der Waals surface area contributed by atoms with Crippen molar-refractivity contribution in [2.45, 2.75) is 18.0 Å². The van der Waals surface area contributed by atoms with Crippen LogP contribution < -0.4 is 9.64 Å². The van der Waals surface area contributed by atoms with Gasteiger partial charge in [0.05, 0.1) is 12.0 Å². The summed E-state index contributed by atoms with van der Waals surface area (Å²) in [5.41, 5.74) is -0.964. The maximum Gasteiger partial charge on any atom is 0.416 e. The predicted octanol–water partition coefficient (Wildman–Crippen LogP) is 4.70. The lowest BCUT2D eigenvalue weighted by molar-refractivity contribution is -0.142. The van der Waals surface area contributed by atoms with Gasteiger partial charge in [0, 0.05) is 43.0 Å². The standard InChI is InChI=1S/C26H21ClF3N3O3/c27-19-6-7-21-20(15-19)25(24(35)36-21,17-4-2-1-3-5-17)16-23(34)33-12-10-32(11-13-33)22-14-18(8-9-31-22)26(28,29)30/h1-9,14-15H,10-13,16H2. The maximum absolute atomic E-state index is 13.5. The average Bonchev–Trinajstić information content (AvgIpc) is 3.15. The molecule has 6 nitrogen and oxygen atoms in total. The summed E-state index contributed by atoms with van der Waals surface area (Å²) in [5, 5.41) is 0.419. The summed E-state index contributed by atoms with van der Waals surface area (Å²) in [6.07, 6.45) is -3.49. The van der Waals surface area contributed by atoms with Gasteiger partial charge in [-0.3, -0.25) is 9.59 Å². The van der Waals surface area contributed by atoms with E-state index in [1.807, 2.05) is 6.07 Å². The number of esters is 1. The molecule has 2 aliphatic rings. The largest absolute Gasteiger partial charge is 0.425 e. The van der Waals surface area contributed by atoms with Crippen LogP contribution in [-0.4, -0.2) is 47.9 Å². The Kier molecular flexibility index (Phi) is 6.12. The summed E-state index contributed by atoms with van der Waals surface area (Å²) in [4.78, 5) is 34.2. The van der Waals surface area contributed by atoms with Gasteiger partial charge in [-0.25, -0.2) is 4.98 Å². The number of benzene rings is 2. The monoisotopic (exact) mass is 515 g/mol. The molecule has 1 amide bonds. The number of alkyl halides is 3. The third-order valence-electron chi connectivity index (χ3n) is 6.66. The zero-order valence-electron chi connectivity index (χ0n) is 19.0. The molecule has 1 aromatic heterocycles. The second kappa shape index (κ2) is 9.13. The predicted molar refractivity (Wildman–Crippen MR) is 127 cm³/mol. The number of aromatic nitrogens is 1. The lowest BCUT2D eigenvalue weighted by atomic mass is 9.72. The molecule has 0 bridgehead atoms. The molecule has 1 atom stereocenters. The molecule has 0 N–H and O–H groups in total. The minimum Gasteiger partial charge on any atom is -0.425 e. The molecule has 1 saturated heterocycles. The SMILES string of the molecule is O=C(CC1(c2ccccc2)C(=O)Oc2ccc(Cl)cc21)N1CCN(c2cc(C(F)(F)F)ccn2)CC1. The Morgan fingerprint density at radius 1 is 1.03 bits per heavy atom. The zero-order chi connectivity index (χ0) is 25.5. The van der Waals surface area contributed by atoms with Crippen LogP contribution in [0, 0.1) is 0 Å². The Morgan fingerprint density at radius 2 is 1.75 bits per heavy atom. The number of hydrogen-bond donors (Lipinski definition) is 0. The normalized spacial score (nSPS) is 19.7. The van der Waals surface area contributed by atoms with E-state index in [0.29, 0.717) is 35.0 Å². The van der Waals surface area contributed by atoms with Crippen molar-refractivity contribution in [1.82, 2.24) is 9.88 Å². The fourth-order valence-corrected chi connectivity index (χ4v) is 4.95. The smallest absolute Gasteiger partial charge is 0.416 e. The molecule has 5 rings (SSSR count). The van der Waals surface area contributed by atoms with E-state index in [1.165, 1.54) is 0 Å². The first-order valence-corrected chi connectivity index (χ1v) is 11.7. The number of pyridine rings is 1. The van der Waals surface area contributed by atoms with Crippen molar-refractivity contribution in [3.05, 3.63) is 88.6 Å². The Hall–Kier alpha value is -3.59. The van der Waals surface area contributed by atoms with Crippen LogP contribution in [0.5, 0.6) is 5.75 Å². The van der Waals surface area contributed by atoms with Crippen LogP contribution in [0.15, 0.2) is 66.9 Å². The fraction of sp³-hybridized carbons (Fsp3) is 0.269. The second-order valence-electron chi connectivity index (χ2n) is 8.75. The van der Waals surface area contributed by atoms with Crippen molar-refractivity contribution in [2.75, 3.05) is 31.1 Å². The quantitative estimate of drug-likeness (QED) is 0.372.